The highest BCUT2D eigenvalue weighted by atomic mass is 31.2. The van der Waals surface area contributed by atoms with Gasteiger partial charge in [0.2, 0.25) is 0 Å². The molecular formula is C7H7F2O3P. The van der Waals surface area contributed by atoms with E-state index in [1.54, 1.807) is 0 Å². The molecule has 0 aliphatic heterocycles. The molecule has 0 atom stereocenters. The Labute approximate surface area is 73.2 Å². The lowest BCUT2D eigenvalue weighted by atomic mass is 10.2. The van der Waals surface area contributed by atoms with Gasteiger partial charge in [-0.15, -0.1) is 0 Å². The van der Waals surface area contributed by atoms with Crippen LogP contribution in [-0.4, -0.2) is 9.79 Å². The van der Waals surface area contributed by atoms with Crippen molar-refractivity contribution in [3.63, 3.8) is 0 Å². The minimum Gasteiger partial charge on any atom is -0.324 e. The van der Waals surface area contributed by atoms with E-state index in [-0.39, 0.29) is 5.56 Å². The lowest BCUT2D eigenvalue weighted by Gasteiger charge is -2.04. The third kappa shape index (κ3) is 3.22. The smallest absolute Gasteiger partial charge is 0.324 e. The van der Waals surface area contributed by atoms with Crippen molar-refractivity contribution in [3.8, 4) is 0 Å². The second-order valence-corrected chi connectivity index (χ2v) is 4.20. The first-order valence-corrected chi connectivity index (χ1v) is 5.17. The van der Waals surface area contributed by atoms with Crippen molar-refractivity contribution >= 4 is 7.60 Å². The van der Waals surface area contributed by atoms with Crippen LogP contribution in [0.2, 0.25) is 0 Å². The molecule has 2 N–H and O–H groups in total. The molecule has 0 heterocycles. The fourth-order valence-electron chi connectivity index (χ4n) is 0.886. The maximum absolute atomic E-state index is 12.8. The van der Waals surface area contributed by atoms with Crippen LogP contribution in [0.5, 0.6) is 0 Å². The molecule has 1 aromatic rings. The minimum absolute atomic E-state index is 0.312. The number of rotatable bonds is 2. The van der Waals surface area contributed by atoms with Crippen molar-refractivity contribution in [3.05, 3.63) is 35.4 Å². The Hall–Kier alpha value is -0.770. The molecule has 3 nitrogen and oxygen atoms in total. The van der Waals surface area contributed by atoms with Gasteiger partial charge in [-0.2, -0.15) is 0 Å². The lowest BCUT2D eigenvalue weighted by Crippen LogP contribution is -1.92. The minimum atomic E-state index is -4.34. The maximum atomic E-state index is 12.8. The highest BCUT2D eigenvalue weighted by molar-refractivity contribution is 7.50. The van der Waals surface area contributed by atoms with Gasteiger partial charge in [0.15, 0.2) is 0 Å². The van der Waals surface area contributed by atoms with E-state index in [0.717, 1.165) is 18.2 Å². The van der Waals surface area contributed by atoms with Gasteiger partial charge in [-0.3, -0.25) is 4.57 Å². The van der Waals surface area contributed by atoms with E-state index in [9.17, 15) is 13.3 Å². The SMILES string of the molecule is O=P(O)(O)Cc1cc(F)ccc1F. The first-order valence-electron chi connectivity index (χ1n) is 3.37. The summed E-state index contributed by atoms with van der Waals surface area (Å²) in [6, 6.07) is 2.49. The number of hydrogen-bond donors (Lipinski definition) is 2. The van der Waals surface area contributed by atoms with Gasteiger partial charge in [-0.05, 0) is 18.2 Å². The van der Waals surface area contributed by atoms with Gasteiger partial charge < -0.3 is 9.79 Å². The third-order valence-electron chi connectivity index (χ3n) is 1.38. The maximum Gasteiger partial charge on any atom is 0.330 e. The summed E-state index contributed by atoms with van der Waals surface area (Å²) < 4.78 is 35.8. The van der Waals surface area contributed by atoms with E-state index < -0.39 is 25.4 Å². The van der Waals surface area contributed by atoms with Crippen LogP contribution < -0.4 is 0 Å². The van der Waals surface area contributed by atoms with Crippen molar-refractivity contribution < 1.29 is 23.1 Å². The van der Waals surface area contributed by atoms with Crippen molar-refractivity contribution in [2.24, 2.45) is 0 Å². The van der Waals surface area contributed by atoms with Gasteiger partial charge in [0.05, 0.1) is 6.16 Å². The van der Waals surface area contributed by atoms with E-state index in [4.69, 9.17) is 9.79 Å². The highest BCUT2D eigenvalue weighted by Crippen LogP contribution is 2.39. The summed E-state index contributed by atoms with van der Waals surface area (Å²) >= 11 is 0. The monoisotopic (exact) mass is 208 g/mol. The second kappa shape index (κ2) is 3.54. The Morgan fingerprint density at radius 2 is 1.92 bits per heavy atom. The van der Waals surface area contributed by atoms with Crippen molar-refractivity contribution in [1.82, 2.24) is 0 Å². The largest absolute Gasteiger partial charge is 0.330 e. The molecule has 0 fully saturated rings. The Morgan fingerprint density at radius 3 is 2.46 bits per heavy atom. The van der Waals surface area contributed by atoms with Crippen LogP contribution in [-0.2, 0) is 10.7 Å². The van der Waals surface area contributed by atoms with Crippen LogP contribution in [0.3, 0.4) is 0 Å². The molecule has 13 heavy (non-hydrogen) atoms. The van der Waals surface area contributed by atoms with Gasteiger partial charge in [-0.1, -0.05) is 0 Å². The van der Waals surface area contributed by atoms with E-state index in [0.29, 0.717) is 0 Å². The molecule has 0 aliphatic rings. The molecular weight excluding hydrogens is 201 g/mol. The molecule has 1 rings (SSSR count). The van der Waals surface area contributed by atoms with Crippen molar-refractivity contribution in [2.45, 2.75) is 6.16 Å². The Balaban J connectivity index is 3.01. The van der Waals surface area contributed by atoms with Crippen molar-refractivity contribution in [2.75, 3.05) is 0 Å². The third-order valence-corrected chi connectivity index (χ3v) is 2.14. The molecule has 6 heteroatoms. The highest BCUT2D eigenvalue weighted by Gasteiger charge is 2.17. The summed E-state index contributed by atoms with van der Waals surface area (Å²) in [4.78, 5) is 17.0. The van der Waals surface area contributed by atoms with Crippen LogP contribution in [0.25, 0.3) is 0 Å². The molecule has 1 aromatic carbocycles. The summed E-state index contributed by atoms with van der Waals surface area (Å²) in [6.45, 7) is 0. The second-order valence-electron chi connectivity index (χ2n) is 2.56. The normalized spacial score (nSPS) is 11.7. The zero-order valence-corrected chi connectivity index (χ0v) is 7.34. The van der Waals surface area contributed by atoms with E-state index in [1.165, 1.54) is 0 Å². The summed E-state index contributed by atoms with van der Waals surface area (Å²) in [6.07, 6.45) is -0.781. The molecule has 0 bridgehead atoms. The Morgan fingerprint density at radius 1 is 1.31 bits per heavy atom. The predicted molar refractivity (Wildman–Crippen MR) is 42.1 cm³/mol. The van der Waals surface area contributed by atoms with E-state index >= 15 is 0 Å². The summed E-state index contributed by atoms with van der Waals surface area (Å²) in [5.74, 6) is -1.53. The Bertz CT molecular complexity index is 361. The summed E-state index contributed by atoms with van der Waals surface area (Å²) in [5, 5.41) is 0. The Kier molecular flexibility index (Phi) is 2.81. The number of benzene rings is 1. The molecule has 0 saturated heterocycles. The van der Waals surface area contributed by atoms with E-state index in [1.807, 2.05) is 0 Å². The lowest BCUT2D eigenvalue weighted by molar-refractivity contribution is 0.370. The number of halogens is 2. The molecule has 72 valence electrons. The van der Waals surface area contributed by atoms with Crippen LogP contribution in [0, 0.1) is 11.6 Å². The molecule has 0 unspecified atom stereocenters. The van der Waals surface area contributed by atoms with Gasteiger partial charge >= 0.3 is 7.60 Å². The van der Waals surface area contributed by atoms with Crippen LogP contribution in [0.1, 0.15) is 5.56 Å². The molecule has 0 spiro atoms. The average Bonchev–Trinajstić information content (AvgIpc) is 1.94. The predicted octanol–water partition coefficient (Wildman–Crippen LogP) is 1.64. The molecule has 0 aromatic heterocycles. The summed E-state index contributed by atoms with van der Waals surface area (Å²) in [7, 11) is -4.34. The van der Waals surface area contributed by atoms with Gasteiger partial charge in [0.25, 0.3) is 0 Å². The van der Waals surface area contributed by atoms with Crippen LogP contribution in [0.15, 0.2) is 18.2 Å². The van der Waals surface area contributed by atoms with Gasteiger partial charge in [-0.25, -0.2) is 8.78 Å². The van der Waals surface area contributed by atoms with Crippen molar-refractivity contribution in [1.29, 1.82) is 0 Å². The first kappa shape index (κ1) is 10.3. The molecule has 0 aliphatic carbocycles. The zero-order chi connectivity index (χ0) is 10.1. The quantitative estimate of drug-likeness (QED) is 0.726. The first-order chi connectivity index (χ1) is 5.88. The average molecular weight is 208 g/mol. The number of hydrogen-bond acceptors (Lipinski definition) is 1. The van der Waals surface area contributed by atoms with Gasteiger partial charge in [0.1, 0.15) is 11.6 Å². The molecule has 0 radical (unpaired) electrons. The van der Waals surface area contributed by atoms with Gasteiger partial charge in [0, 0.05) is 5.56 Å². The molecule has 0 amide bonds. The standard InChI is InChI=1S/C7H7F2O3P/c8-6-1-2-7(9)5(3-6)4-13(10,11)12/h1-3H,4H2,(H2,10,11,12). The fraction of sp³-hybridized carbons (Fsp3) is 0.143. The van der Waals surface area contributed by atoms with Crippen LogP contribution >= 0.6 is 7.60 Å². The topological polar surface area (TPSA) is 57.5 Å². The molecule has 0 saturated carbocycles. The van der Waals surface area contributed by atoms with E-state index in [2.05, 4.69) is 0 Å². The fourth-order valence-corrected chi connectivity index (χ4v) is 1.57. The van der Waals surface area contributed by atoms with Crippen LogP contribution in [0.4, 0.5) is 8.78 Å². The summed E-state index contributed by atoms with van der Waals surface area (Å²) in [5.41, 5.74) is -0.312. The zero-order valence-electron chi connectivity index (χ0n) is 6.44.